The van der Waals surface area contributed by atoms with Gasteiger partial charge in [0.2, 0.25) is 0 Å². The Balaban J connectivity index is 2.29. The molecular formula is C11H13NS. The van der Waals surface area contributed by atoms with Crippen LogP contribution in [0.15, 0.2) is 30.3 Å². The van der Waals surface area contributed by atoms with E-state index >= 15 is 0 Å². The van der Waals surface area contributed by atoms with Gasteiger partial charge in [-0.2, -0.15) is 11.8 Å². The molecule has 0 spiro atoms. The summed E-state index contributed by atoms with van der Waals surface area (Å²) >= 11 is 1.99. The Bertz CT molecular complexity index is 331. The van der Waals surface area contributed by atoms with Gasteiger partial charge >= 0.3 is 0 Å². The minimum absolute atomic E-state index is 0.858. The third-order valence-corrected chi connectivity index (χ3v) is 3.12. The number of benzene rings is 1. The topological polar surface area (TPSA) is 26.0 Å². The van der Waals surface area contributed by atoms with E-state index in [-0.39, 0.29) is 0 Å². The van der Waals surface area contributed by atoms with Crippen LogP contribution in [-0.4, -0.2) is 11.5 Å². The van der Waals surface area contributed by atoms with Gasteiger partial charge in [-0.3, -0.25) is 0 Å². The second-order valence-corrected chi connectivity index (χ2v) is 4.33. The van der Waals surface area contributed by atoms with Gasteiger partial charge < -0.3 is 5.73 Å². The van der Waals surface area contributed by atoms with Crippen LogP contribution in [0.1, 0.15) is 12.0 Å². The molecule has 0 bridgehead atoms. The average molecular weight is 191 g/mol. The van der Waals surface area contributed by atoms with Crippen molar-refractivity contribution in [1.29, 1.82) is 0 Å². The van der Waals surface area contributed by atoms with E-state index in [9.17, 15) is 0 Å². The number of hydrogen-bond donors (Lipinski definition) is 1. The third-order valence-electron chi connectivity index (χ3n) is 2.22. The van der Waals surface area contributed by atoms with Crippen molar-refractivity contribution in [1.82, 2.24) is 0 Å². The van der Waals surface area contributed by atoms with Crippen LogP contribution in [0.25, 0.3) is 5.57 Å². The lowest BCUT2D eigenvalue weighted by atomic mass is 10.0. The molecule has 2 heteroatoms. The second-order valence-electron chi connectivity index (χ2n) is 3.18. The van der Waals surface area contributed by atoms with E-state index in [2.05, 4.69) is 18.2 Å². The summed E-state index contributed by atoms with van der Waals surface area (Å²) in [6.07, 6.45) is 3.48. The number of hydrogen-bond acceptors (Lipinski definition) is 2. The number of allylic oxidation sites excluding steroid dienone is 1. The van der Waals surface area contributed by atoms with Crippen molar-refractivity contribution in [2.24, 2.45) is 0 Å². The number of nitrogen functional groups attached to an aromatic ring is 1. The van der Waals surface area contributed by atoms with E-state index in [0.29, 0.717) is 0 Å². The molecule has 0 radical (unpaired) electrons. The Hall–Kier alpha value is -0.890. The molecule has 1 heterocycles. The van der Waals surface area contributed by atoms with E-state index in [1.54, 1.807) is 0 Å². The summed E-state index contributed by atoms with van der Waals surface area (Å²) in [6.45, 7) is 0. The van der Waals surface area contributed by atoms with E-state index < -0.39 is 0 Å². The zero-order valence-electron chi connectivity index (χ0n) is 7.49. The van der Waals surface area contributed by atoms with Crippen LogP contribution in [0.3, 0.4) is 0 Å². The van der Waals surface area contributed by atoms with E-state index in [1.807, 2.05) is 23.9 Å². The molecule has 0 saturated carbocycles. The summed E-state index contributed by atoms with van der Waals surface area (Å²) in [5.74, 6) is 2.38. The van der Waals surface area contributed by atoms with Crippen LogP contribution in [0.5, 0.6) is 0 Å². The molecule has 0 unspecified atom stereocenters. The van der Waals surface area contributed by atoms with Gasteiger partial charge in [-0.25, -0.2) is 0 Å². The van der Waals surface area contributed by atoms with E-state index in [4.69, 9.17) is 5.73 Å². The first-order valence-corrected chi connectivity index (χ1v) is 5.64. The van der Waals surface area contributed by atoms with E-state index in [0.717, 1.165) is 11.4 Å². The van der Waals surface area contributed by atoms with Gasteiger partial charge in [-0.05, 0) is 35.4 Å². The highest BCUT2D eigenvalue weighted by molar-refractivity contribution is 7.99. The van der Waals surface area contributed by atoms with E-state index in [1.165, 1.54) is 23.3 Å². The minimum Gasteiger partial charge on any atom is -0.399 e. The van der Waals surface area contributed by atoms with Crippen molar-refractivity contribution in [2.45, 2.75) is 6.42 Å². The maximum absolute atomic E-state index is 5.73. The number of nitrogens with two attached hydrogens (primary N) is 1. The fraction of sp³-hybridized carbons (Fsp3) is 0.273. The predicted molar refractivity (Wildman–Crippen MR) is 60.8 cm³/mol. The molecule has 2 rings (SSSR count). The Labute approximate surface area is 83.0 Å². The predicted octanol–water partition coefficient (Wildman–Crippen LogP) is 2.79. The van der Waals surface area contributed by atoms with Crippen molar-refractivity contribution in [3.05, 3.63) is 35.9 Å². The molecule has 1 aliphatic rings. The van der Waals surface area contributed by atoms with Crippen molar-refractivity contribution < 1.29 is 0 Å². The molecule has 0 atom stereocenters. The van der Waals surface area contributed by atoms with Gasteiger partial charge in [0, 0.05) is 11.4 Å². The van der Waals surface area contributed by atoms with Gasteiger partial charge in [-0.1, -0.05) is 18.2 Å². The van der Waals surface area contributed by atoms with Gasteiger partial charge in [-0.15, -0.1) is 0 Å². The zero-order valence-corrected chi connectivity index (χ0v) is 8.31. The highest BCUT2D eigenvalue weighted by Gasteiger charge is 2.05. The van der Waals surface area contributed by atoms with Gasteiger partial charge in [0.05, 0.1) is 0 Å². The largest absolute Gasteiger partial charge is 0.399 e. The molecule has 1 aromatic rings. The summed E-state index contributed by atoms with van der Waals surface area (Å²) in [7, 11) is 0. The fourth-order valence-electron chi connectivity index (χ4n) is 1.53. The molecular weight excluding hydrogens is 178 g/mol. The monoisotopic (exact) mass is 191 g/mol. The highest BCUT2D eigenvalue weighted by atomic mass is 32.2. The average Bonchev–Trinajstić information content (AvgIpc) is 2.19. The van der Waals surface area contributed by atoms with Crippen LogP contribution in [0.4, 0.5) is 5.69 Å². The Morgan fingerprint density at radius 2 is 2.23 bits per heavy atom. The summed E-state index contributed by atoms with van der Waals surface area (Å²) in [4.78, 5) is 0. The van der Waals surface area contributed by atoms with Gasteiger partial charge in [0.1, 0.15) is 0 Å². The first kappa shape index (κ1) is 8.70. The zero-order chi connectivity index (χ0) is 9.10. The van der Waals surface area contributed by atoms with Gasteiger partial charge in [0.15, 0.2) is 0 Å². The molecule has 0 amide bonds. The molecule has 0 saturated heterocycles. The highest BCUT2D eigenvalue weighted by Crippen LogP contribution is 2.26. The molecule has 2 N–H and O–H groups in total. The molecule has 0 aromatic heterocycles. The fourth-order valence-corrected chi connectivity index (χ4v) is 2.38. The lowest BCUT2D eigenvalue weighted by Gasteiger charge is -2.12. The molecule has 1 aromatic carbocycles. The summed E-state index contributed by atoms with van der Waals surface area (Å²) in [5.41, 5.74) is 9.33. The Kier molecular flexibility index (Phi) is 2.60. The first-order chi connectivity index (χ1) is 6.36. The number of rotatable bonds is 1. The van der Waals surface area contributed by atoms with Crippen LogP contribution in [0.2, 0.25) is 0 Å². The molecule has 1 nitrogen and oxygen atoms in total. The number of thioether (sulfide) groups is 1. The minimum atomic E-state index is 0.858. The molecule has 1 aliphatic heterocycles. The standard InChI is InChI=1S/C11H13NS/c12-11-3-1-2-10(8-11)9-4-6-13-7-5-9/h1-4,8H,5-7,12H2. The van der Waals surface area contributed by atoms with Crippen molar-refractivity contribution in [2.75, 3.05) is 17.2 Å². The molecule has 0 aliphatic carbocycles. The third kappa shape index (κ3) is 2.07. The maximum Gasteiger partial charge on any atom is 0.0320 e. The normalized spacial score (nSPS) is 16.8. The lowest BCUT2D eigenvalue weighted by molar-refractivity contribution is 1.23. The Morgan fingerprint density at radius 1 is 1.31 bits per heavy atom. The van der Waals surface area contributed by atoms with Crippen molar-refractivity contribution in [3.8, 4) is 0 Å². The first-order valence-electron chi connectivity index (χ1n) is 4.49. The Morgan fingerprint density at radius 3 is 2.92 bits per heavy atom. The van der Waals surface area contributed by atoms with Gasteiger partial charge in [0.25, 0.3) is 0 Å². The smallest absolute Gasteiger partial charge is 0.0320 e. The molecule has 13 heavy (non-hydrogen) atoms. The maximum atomic E-state index is 5.73. The second kappa shape index (κ2) is 3.88. The van der Waals surface area contributed by atoms with Crippen molar-refractivity contribution >= 4 is 23.0 Å². The summed E-state index contributed by atoms with van der Waals surface area (Å²) < 4.78 is 0. The van der Waals surface area contributed by atoms with Crippen molar-refractivity contribution in [3.63, 3.8) is 0 Å². The van der Waals surface area contributed by atoms with Crippen LogP contribution in [-0.2, 0) is 0 Å². The van der Waals surface area contributed by atoms with Crippen LogP contribution >= 0.6 is 11.8 Å². The quantitative estimate of drug-likeness (QED) is 0.691. The summed E-state index contributed by atoms with van der Waals surface area (Å²) in [5, 5.41) is 0. The molecule has 0 fully saturated rings. The lowest BCUT2D eigenvalue weighted by Crippen LogP contribution is -1.96. The molecule has 68 valence electrons. The number of anilines is 1. The van der Waals surface area contributed by atoms with Crippen LogP contribution < -0.4 is 5.73 Å². The summed E-state index contributed by atoms with van der Waals surface area (Å²) in [6, 6.07) is 8.15. The SMILES string of the molecule is Nc1cccc(C2=CCSCC2)c1. The van der Waals surface area contributed by atoms with Crippen LogP contribution in [0, 0.1) is 0 Å².